The zero-order valence-corrected chi connectivity index (χ0v) is 29.7. The Morgan fingerprint density at radius 1 is 0.346 bits per heavy atom. The van der Waals surface area contributed by atoms with E-state index >= 15 is 0 Å². The summed E-state index contributed by atoms with van der Waals surface area (Å²) in [4.78, 5) is 26.1. The highest BCUT2D eigenvalue weighted by Gasteiger charge is 2.19. The van der Waals surface area contributed by atoms with Crippen LogP contribution in [0.4, 0.5) is 0 Å². The average Bonchev–Trinajstić information content (AvgIpc) is 3.21. The van der Waals surface area contributed by atoms with Crippen LogP contribution >= 0.6 is 15.8 Å². The molecule has 0 atom stereocenters. The Kier molecular flexibility index (Phi) is 14.1. The Bertz CT molecular complexity index is 2040. The van der Waals surface area contributed by atoms with Crippen LogP contribution in [0.5, 0.6) is 0 Å². The minimum atomic E-state index is -0.630. The van der Waals surface area contributed by atoms with Crippen LogP contribution in [0.25, 0.3) is 21.8 Å². The SMILES string of the molecule is O=NO.O=NO.c1ccc(P(c2ccccc2)c2ccc3ccccc3n2)cc1.c1ccc(P(c2ccccc2)c2ccc3ccccc3n2)cc1. The van der Waals surface area contributed by atoms with Crippen molar-refractivity contribution in [3.05, 3.63) is 204 Å². The molecule has 0 bridgehead atoms. The summed E-state index contributed by atoms with van der Waals surface area (Å²) in [6.45, 7) is 0. The molecule has 2 aromatic heterocycles. The smallest absolute Gasteiger partial charge is 0.152 e. The molecule has 2 N–H and O–H groups in total. The lowest BCUT2D eigenvalue weighted by atomic mass is 10.2. The van der Waals surface area contributed by atoms with E-state index in [1.807, 2.05) is 12.1 Å². The normalized spacial score (nSPS) is 10.2. The summed E-state index contributed by atoms with van der Waals surface area (Å²) >= 11 is 0. The van der Waals surface area contributed by atoms with E-state index in [1.54, 1.807) is 0 Å². The molecule has 256 valence electrons. The molecular weight excluding hydrogens is 686 g/mol. The zero-order valence-electron chi connectivity index (χ0n) is 27.9. The van der Waals surface area contributed by atoms with Gasteiger partial charge in [-0.15, -0.1) is 9.81 Å². The van der Waals surface area contributed by atoms with Gasteiger partial charge in [-0.2, -0.15) is 0 Å². The van der Waals surface area contributed by atoms with Gasteiger partial charge >= 0.3 is 0 Å². The van der Waals surface area contributed by atoms with Crippen LogP contribution in [0.3, 0.4) is 0 Å². The molecule has 10 heteroatoms. The van der Waals surface area contributed by atoms with Crippen LogP contribution in [0.2, 0.25) is 0 Å². The van der Waals surface area contributed by atoms with Crippen molar-refractivity contribution in [3.8, 4) is 0 Å². The molecule has 0 spiro atoms. The summed E-state index contributed by atoms with van der Waals surface area (Å²) < 4.78 is 0. The number of nitrogens with zero attached hydrogens (tertiary/aromatic N) is 4. The first kappa shape index (κ1) is 37.1. The third-order valence-corrected chi connectivity index (χ3v) is 12.4. The second-order valence-electron chi connectivity index (χ2n) is 10.9. The van der Waals surface area contributed by atoms with E-state index in [1.165, 1.54) is 42.7 Å². The molecule has 0 aliphatic rings. The lowest BCUT2D eigenvalue weighted by molar-refractivity contribution is 0.312. The Morgan fingerprint density at radius 2 is 0.596 bits per heavy atom. The number of fused-ring (bicyclic) bond motifs is 2. The fourth-order valence-electron chi connectivity index (χ4n) is 5.50. The monoisotopic (exact) mass is 720 g/mol. The maximum Gasteiger partial charge on any atom is 0.152 e. The van der Waals surface area contributed by atoms with Crippen molar-refractivity contribution >= 4 is 69.7 Å². The van der Waals surface area contributed by atoms with Crippen LogP contribution in [-0.2, 0) is 0 Å². The summed E-state index contributed by atoms with van der Waals surface area (Å²) in [5.74, 6) is 0. The number of hydrogen-bond acceptors (Lipinski definition) is 6. The number of hydrogen-bond donors (Lipinski definition) is 2. The van der Waals surface area contributed by atoms with Crippen molar-refractivity contribution in [1.82, 2.24) is 9.97 Å². The summed E-state index contributed by atoms with van der Waals surface area (Å²) in [5.41, 5.74) is 4.42. The van der Waals surface area contributed by atoms with Crippen molar-refractivity contribution in [2.24, 2.45) is 10.7 Å². The van der Waals surface area contributed by atoms with Crippen LogP contribution in [0.1, 0.15) is 0 Å². The van der Waals surface area contributed by atoms with Gasteiger partial charge < -0.3 is 10.4 Å². The lowest BCUT2D eigenvalue weighted by Crippen LogP contribution is -2.22. The molecule has 52 heavy (non-hydrogen) atoms. The molecule has 0 fully saturated rings. The van der Waals surface area contributed by atoms with Crippen molar-refractivity contribution in [2.45, 2.75) is 0 Å². The molecule has 0 saturated carbocycles. The molecule has 0 saturated heterocycles. The quantitative estimate of drug-likeness (QED) is 0.101. The van der Waals surface area contributed by atoms with Crippen molar-refractivity contribution < 1.29 is 10.4 Å². The van der Waals surface area contributed by atoms with E-state index < -0.39 is 15.8 Å². The molecule has 8 aromatic rings. The molecular formula is C42H34N4O4P2. The largest absolute Gasteiger partial charge is 0.379 e. The van der Waals surface area contributed by atoms with Crippen molar-refractivity contribution in [2.75, 3.05) is 0 Å². The van der Waals surface area contributed by atoms with E-state index in [9.17, 15) is 0 Å². The van der Waals surface area contributed by atoms with Gasteiger partial charge in [-0.05, 0) is 45.5 Å². The second kappa shape index (κ2) is 19.9. The van der Waals surface area contributed by atoms with Gasteiger partial charge in [-0.3, -0.25) is 0 Å². The summed E-state index contributed by atoms with van der Waals surface area (Å²) in [7, 11) is -1.26. The predicted octanol–water partition coefficient (Wildman–Crippen LogP) is 8.27. The molecule has 6 aromatic carbocycles. The Hall–Kier alpha value is -6.20. The first-order valence-electron chi connectivity index (χ1n) is 16.1. The molecule has 2 heterocycles. The van der Waals surface area contributed by atoms with E-state index in [0.29, 0.717) is 0 Å². The predicted molar refractivity (Wildman–Crippen MR) is 216 cm³/mol. The maximum atomic E-state index is 8.11. The van der Waals surface area contributed by atoms with Gasteiger partial charge in [0.05, 0.1) is 21.9 Å². The van der Waals surface area contributed by atoms with E-state index in [0.717, 1.165) is 21.9 Å². The minimum Gasteiger partial charge on any atom is -0.379 e. The fourth-order valence-corrected chi connectivity index (χ4v) is 9.89. The van der Waals surface area contributed by atoms with Gasteiger partial charge in [0.2, 0.25) is 0 Å². The Labute approximate surface area is 303 Å². The van der Waals surface area contributed by atoms with Gasteiger partial charge in [0.1, 0.15) is 0 Å². The topological polar surface area (TPSA) is 125 Å². The van der Waals surface area contributed by atoms with Crippen LogP contribution < -0.4 is 32.1 Å². The third kappa shape index (κ3) is 9.95. The summed E-state index contributed by atoms with van der Waals surface area (Å²) in [6, 6.07) is 68.0. The maximum absolute atomic E-state index is 8.11. The first-order valence-corrected chi connectivity index (χ1v) is 18.8. The first-order chi connectivity index (χ1) is 25.7. The van der Waals surface area contributed by atoms with Gasteiger partial charge in [0.15, 0.2) is 10.7 Å². The van der Waals surface area contributed by atoms with E-state index in [-0.39, 0.29) is 0 Å². The Balaban J connectivity index is 0.000000175. The highest BCUT2D eigenvalue weighted by atomic mass is 31.1. The summed E-state index contributed by atoms with van der Waals surface area (Å²) in [6.07, 6.45) is 0. The lowest BCUT2D eigenvalue weighted by Gasteiger charge is -2.18. The van der Waals surface area contributed by atoms with E-state index in [4.69, 9.17) is 30.2 Å². The summed E-state index contributed by atoms with van der Waals surface area (Å²) in [5, 5.41) is 23.5. The van der Waals surface area contributed by atoms with Gasteiger partial charge in [0, 0.05) is 26.6 Å². The standard InChI is InChI=1S/2C21H16NP.2HNO2/c2*1-3-10-18(11-4-1)23(19-12-5-2-6-13-19)21-16-15-17-9-7-8-14-20(17)22-21;2*2-1-3/h2*1-16H;2*(H,2,3). The van der Waals surface area contributed by atoms with Crippen LogP contribution in [-0.4, -0.2) is 20.4 Å². The van der Waals surface area contributed by atoms with Crippen LogP contribution in [0.15, 0.2) is 205 Å². The van der Waals surface area contributed by atoms with Gasteiger partial charge in [-0.25, -0.2) is 9.97 Å². The molecule has 0 aliphatic heterocycles. The second-order valence-corrected chi connectivity index (χ2v) is 15.2. The van der Waals surface area contributed by atoms with Crippen molar-refractivity contribution in [1.29, 1.82) is 0 Å². The minimum absolute atomic E-state index is 0.630. The number of para-hydroxylation sites is 2. The van der Waals surface area contributed by atoms with E-state index in [2.05, 4.69) is 182 Å². The van der Waals surface area contributed by atoms with Crippen LogP contribution in [0, 0.1) is 9.81 Å². The Morgan fingerprint density at radius 3 is 0.885 bits per heavy atom. The molecule has 0 aliphatic carbocycles. The molecule has 0 radical (unpaired) electrons. The highest BCUT2D eigenvalue weighted by molar-refractivity contribution is 7.80. The van der Waals surface area contributed by atoms with Crippen molar-refractivity contribution in [3.63, 3.8) is 0 Å². The molecule has 0 unspecified atom stereocenters. The molecule has 8 rings (SSSR count). The number of pyridine rings is 2. The molecule has 8 nitrogen and oxygen atoms in total. The fraction of sp³-hybridized carbons (Fsp3) is 0. The zero-order chi connectivity index (χ0) is 36.4. The van der Waals surface area contributed by atoms with Gasteiger partial charge in [-0.1, -0.05) is 170 Å². The van der Waals surface area contributed by atoms with Gasteiger partial charge in [0.25, 0.3) is 0 Å². The molecule has 0 amide bonds. The number of aromatic nitrogens is 2. The average molecular weight is 721 g/mol. The number of rotatable bonds is 6. The third-order valence-electron chi connectivity index (χ3n) is 7.68. The number of benzene rings is 6. The highest BCUT2D eigenvalue weighted by Crippen LogP contribution is 2.33.